The van der Waals surface area contributed by atoms with E-state index in [2.05, 4.69) is 15.3 Å². The van der Waals surface area contributed by atoms with Crippen LogP contribution in [0.15, 0.2) is 22.3 Å². The Morgan fingerprint density at radius 2 is 2.33 bits per heavy atom. The van der Waals surface area contributed by atoms with Gasteiger partial charge in [-0.3, -0.25) is 9.59 Å². The zero-order chi connectivity index (χ0) is 13.1. The molecule has 18 heavy (non-hydrogen) atoms. The number of halogens is 1. The van der Waals surface area contributed by atoms with Crippen LogP contribution in [0.4, 0.5) is 5.82 Å². The van der Waals surface area contributed by atoms with Crippen LogP contribution in [-0.2, 0) is 6.54 Å². The van der Waals surface area contributed by atoms with Crippen LogP contribution in [0.3, 0.4) is 0 Å². The lowest BCUT2D eigenvalue weighted by atomic mass is 10.3. The number of nitrogen functional groups attached to an aromatic ring is 1. The van der Waals surface area contributed by atoms with Crippen molar-refractivity contribution in [3.63, 3.8) is 0 Å². The van der Waals surface area contributed by atoms with Crippen LogP contribution in [-0.4, -0.2) is 15.9 Å². The summed E-state index contributed by atoms with van der Waals surface area (Å²) in [7, 11) is 0. The van der Waals surface area contributed by atoms with Crippen LogP contribution >= 0.6 is 22.9 Å². The summed E-state index contributed by atoms with van der Waals surface area (Å²) in [5.74, 6) is -0.229. The van der Waals surface area contributed by atoms with Crippen LogP contribution in [0.1, 0.15) is 16.2 Å². The number of amides is 1. The van der Waals surface area contributed by atoms with Gasteiger partial charge in [-0.15, -0.1) is 0 Å². The molecule has 0 aliphatic rings. The molecule has 0 fully saturated rings. The highest BCUT2D eigenvalue weighted by Gasteiger charge is 2.12. The van der Waals surface area contributed by atoms with E-state index < -0.39 is 5.91 Å². The highest BCUT2D eigenvalue weighted by molar-refractivity contribution is 7.07. The monoisotopic (exact) mass is 284 g/mol. The third-order valence-electron chi connectivity index (χ3n) is 2.09. The van der Waals surface area contributed by atoms with Crippen LogP contribution < -0.4 is 15.9 Å². The van der Waals surface area contributed by atoms with Crippen molar-refractivity contribution in [2.45, 2.75) is 6.54 Å². The first-order valence-electron chi connectivity index (χ1n) is 4.93. The smallest absolute Gasteiger partial charge is 0.304 e. The van der Waals surface area contributed by atoms with Gasteiger partial charge in [0.2, 0.25) is 0 Å². The van der Waals surface area contributed by atoms with Crippen molar-refractivity contribution in [3.8, 4) is 0 Å². The molecule has 94 valence electrons. The molecule has 0 spiro atoms. The zero-order valence-corrected chi connectivity index (χ0v) is 10.6. The van der Waals surface area contributed by atoms with E-state index in [-0.39, 0.29) is 28.0 Å². The summed E-state index contributed by atoms with van der Waals surface area (Å²) in [6.07, 6.45) is 0. The van der Waals surface area contributed by atoms with Crippen molar-refractivity contribution in [2.24, 2.45) is 0 Å². The van der Waals surface area contributed by atoms with E-state index in [0.717, 1.165) is 11.3 Å². The molecule has 8 heteroatoms. The quantitative estimate of drug-likeness (QED) is 0.782. The van der Waals surface area contributed by atoms with E-state index in [1.807, 2.05) is 0 Å². The van der Waals surface area contributed by atoms with E-state index >= 15 is 0 Å². The Kier molecular flexibility index (Phi) is 3.63. The van der Waals surface area contributed by atoms with Gasteiger partial charge in [0.25, 0.3) is 5.91 Å². The largest absolute Gasteiger partial charge is 0.384 e. The second-order valence-corrected chi connectivity index (χ2v) is 4.67. The molecule has 2 aromatic rings. The van der Waals surface area contributed by atoms with E-state index in [1.54, 1.807) is 5.38 Å². The molecule has 6 nitrogen and oxygen atoms in total. The van der Waals surface area contributed by atoms with Crippen molar-refractivity contribution in [1.29, 1.82) is 0 Å². The molecule has 0 aromatic carbocycles. The van der Waals surface area contributed by atoms with E-state index in [9.17, 15) is 9.59 Å². The number of carbonyl (C=O) groups excluding carboxylic acids is 1. The van der Waals surface area contributed by atoms with Crippen molar-refractivity contribution in [1.82, 2.24) is 15.3 Å². The van der Waals surface area contributed by atoms with E-state index in [0.29, 0.717) is 5.69 Å². The third kappa shape index (κ3) is 2.88. The molecule has 0 aliphatic carbocycles. The van der Waals surface area contributed by atoms with Gasteiger partial charge in [0.05, 0.1) is 11.6 Å². The van der Waals surface area contributed by atoms with Crippen LogP contribution in [0.25, 0.3) is 0 Å². The molecule has 0 radical (unpaired) electrons. The number of anilines is 1. The minimum absolute atomic E-state index is 0.0641. The molecule has 0 bridgehead atoms. The summed E-state index contributed by atoms with van der Waals surface area (Å²) in [6.45, 7) is 0.199. The number of hydrogen-bond donors (Lipinski definition) is 3. The fraction of sp³-hybridized carbons (Fsp3) is 0.100. The summed E-state index contributed by atoms with van der Waals surface area (Å²) in [5.41, 5.74) is 6.17. The molecule has 2 rings (SSSR count). The average molecular weight is 285 g/mol. The first-order valence-corrected chi connectivity index (χ1v) is 6.19. The molecular formula is C10H9ClN4O2S. The maximum atomic E-state index is 11.8. The molecule has 0 aliphatic heterocycles. The Hall–Kier alpha value is -1.86. The molecule has 0 atom stereocenters. The predicted octanol–water partition coefficient (Wildman–Crippen LogP) is 0.997. The number of hydrogen-bond acceptors (Lipinski definition) is 5. The maximum Gasteiger partial charge on any atom is 0.304 e. The van der Waals surface area contributed by atoms with Gasteiger partial charge in [0, 0.05) is 11.1 Å². The number of H-pyrrole nitrogens is 1. The Morgan fingerprint density at radius 1 is 1.56 bits per heavy atom. The van der Waals surface area contributed by atoms with Gasteiger partial charge < -0.3 is 16.0 Å². The molecule has 4 N–H and O–H groups in total. The molecular weight excluding hydrogens is 276 g/mol. The van der Waals surface area contributed by atoms with Crippen molar-refractivity contribution in [2.75, 3.05) is 5.73 Å². The normalized spacial score (nSPS) is 10.3. The number of carbonyl (C=O) groups is 1. The SMILES string of the molecule is Nc1ccc(Cl)c(C(=O)NCc2csc(=O)[nH]2)n1. The minimum atomic E-state index is -0.445. The van der Waals surface area contributed by atoms with Gasteiger partial charge in [-0.05, 0) is 12.1 Å². The lowest BCUT2D eigenvalue weighted by Crippen LogP contribution is -2.24. The predicted molar refractivity (Wildman–Crippen MR) is 69.8 cm³/mol. The van der Waals surface area contributed by atoms with Crippen LogP contribution in [0.5, 0.6) is 0 Å². The molecule has 2 aromatic heterocycles. The van der Waals surface area contributed by atoms with E-state index in [4.69, 9.17) is 17.3 Å². The topological polar surface area (TPSA) is 101 Å². The molecule has 2 heterocycles. The average Bonchev–Trinajstić information content (AvgIpc) is 2.75. The number of nitrogens with one attached hydrogen (secondary N) is 2. The van der Waals surface area contributed by atoms with Crippen molar-refractivity contribution >= 4 is 34.7 Å². The second-order valence-electron chi connectivity index (χ2n) is 3.42. The summed E-state index contributed by atoms with van der Waals surface area (Å²) >= 11 is 6.88. The maximum absolute atomic E-state index is 11.8. The standard InChI is InChI=1S/C10H9ClN4O2S/c11-6-1-2-7(12)15-8(6)9(16)13-3-5-4-18-10(17)14-5/h1-2,4H,3H2,(H2,12,15)(H,13,16)(H,14,17). The fourth-order valence-electron chi connectivity index (χ4n) is 1.28. The summed E-state index contributed by atoms with van der Waals surface area (Å²) in [6, 6.07) is 3.01. The van der Waals surface area contributed by atoms with Crippen LogP contribution in [0.2, 0.25) is 5.02 Å². The Bertz CT molecular complexity index is 637. The number of aromatic amines is 1. The number of thiazole rings is 1. The van der Waals surface area contributed by atoms with Gasteiger partial charge in [0.1, 0.15) is 11.5 Å². The highest BCUT2D eigenvalue weighted by Crippen LogP contribution is 2.15. The first-order chi connectivity index (χ1) is 8.56. The number of rotatable bonds is 3. The zero-order valence-electron chi connectivity index (χ0n) is 9.07. The van der Waals surface area contributed by atoms with Crippen molar-refractivity contribution in [3.05, 3.63) is 43.6 Å². The molecule has 1 amide bonds. The number of pyridine rings is 1. The first kappa shape index (κ1) is 12.6. The van der Waals surface area contributed by atoms with Gasteiger partial charge in [-0.25, -0.2) is 4.98 Å². The Morgan fingerprint density at radius 3 is 3.00 bits per heavy atom. The summed E-state index contributed by atoms with van der Waals surface area (Å²) in [5, 5.41) is 4.45. The highest BCUT2D eigenvalue weighted by atomic mass is 35.5. The summed E-state index contributed by atoms with van der Waals surface area (Å²) in [4.78, 5) is 29.0. The number of nitrogens with two attached hydrogens (primary N) is 1. The Balaban J connectivity index is 2.08. The fourth-order valence-corrected chi connectivity index (χ4v) is 2.05. The molecule has 0 unspecified atom stereocenters. The lowest BCUT2D eigenvalue weighted by molar-refractivity contribution is 0.0946. The minimum Gasteiger partial charge on any atom is -0.384 e. The lowest BCUT2D eigenvalue weighted by Gasteiger charge is -2.05. The van der Waals surface area contributed by atoms with Gasteiger partial charge in [-0.2, -0.15) is 0 Å². The molecule has 0 saturated heterocycles. The summed E-state index contributed by atoms with van der Waals surface area (Å²) < 4.78 is 0. The third-order valence-corrected chi connectivity index (χ3v) is 3.12. The van der Waals surface area contributed by atoms with E-state index in [1.165, 1.54) is 12.1 Å². The second kappa shape index (κ2) is 5.19. The Labute approximate surface area is 111 Å². The number of nitrogens with zero attached hydrogens (tertiary/aromatic N) is 1. The molecule has 0 saturated carbocycles. The van der Waals surface area contributed by atoms with Gasteiger partial charge in [-0.1, -0.05) is 22.9 Å². The van der Waals surface area contributed by atoms with Gasteiger partial charge in [0.15, 0.2) is 0 Å². The van der Waals surface area contributed by atoms with Crippen molar-refractivity contribution < 1.29 is 4.79 Å². The number of aromatic nitrogens is 2. The van der Waals surface area contributed by atoms with Gasteiger partial charge >= 0.3 is 4.87 Å². The van der Waals surface area contributed by atoms with Crippen LogP contribution in [0, 0.1) is 0 Å².